The minimum absolute atomic E-state index is 0.111. The van der Waals surface area contributed by atoms with E-state index in [-0.39, 0.29) is 5.41 Å². The van der Waals surface area contributed by atoms with Crippen LogP contribution < -0.4 is 0 Å². The quantitative estimate of drug-likeness (QED) is 0.671. The van der Waals surface area contributed by atoms with Crippen LogP contribution in [0.3, 0.4) is 0 Å². The Hall–Kier alpha value is -0.630. The predicted molar refractivity (Wildman–Crippen MR) is 64.9 cm³/mol. The van der Waals surface area contributed by atoms with Gasteiger partial charge in [0.15, 0.2) is 0 Å². The van der Waals surface area contributed by atoms with Gasteiger partial charge in [-0.2, -0.15) is 0 Å². The van der Waals surface area contributed by atoms with E-state index in [1.54, 1.807) is 0 Å². The lowest BCUT2D eigenvalue weighted by atomic mass is 9.82. The Morgan fingerprint density at radius 2 is 2.07 bits per heavy atom. The Bertz CT molecular complexity index is 405. The smallest absolute Gasteiger partial charge is 0.0673 e. The molecule has 0 aliphatic carbocycles. The highest BCUT2D eigenvalue weighted by atomic mass is 79.9. The first-order valence-electron chi connectivity index (χ1n) is 4.81. The maximum absolute atomic E-state index is 4.61. The first kappa shape index (κ1) is 9.91. The largest absolute Gasteiger partial charge is 0.257 e. The van der Waals surface area contributed by atoms with E-state index in [1.165, 1.54) is 16.8 Å². The van der Waals surface area contributed by atoms with Gasteiger partial charge in [-0.1, -0.05) is 41.9 Å². The second-order valence-corrected chi connectivity index (χ2v) is 4.87. The highest BCUT2D eigenvalue weighted by Crippen LogP contribution is 2.40. The van der Waals surface area contributed by atoms with Gasteiger partial charge in [-0.15, -0.1) is 0 Å². The molecule has 1 nitrogen and oxygen atoms in total. The minimum Gasteiger partial charge on any atom is -0.257 e. The molecule has 1 aromatic carbocycles. The van der Waals surface area contributed by atoms with E-state index in [0.29, 0.717) is 0 Å². The summed E-state index contributed by atoms with van der Waals surface area (Å²) in [5, 5.41) is 0.898. The molecule has 0 fully saturated rings. The Morgan fingerprint density at radius 1 is 1.36 bits per heavy atom. The molecule has 0 saturated heterocycles. The van der Waals surface area contributed by atoms with Crippen LogP contribution in [-0.2, 0) is 10.7 Å². The molecule has 0 N–H and O–H groups in total. The van der Waals surface area contributed by atoms with Gasteiger partial charge in [0, 0.05) is 16.5 Å². The molecular formula is C12H14BrN. The Morgan fingerprint density at radius 3 is 2.71 bits per heavy atom. The second kappa shape index (κ2) is 3.20. The molecule has 1 heterocycles. The number of aliphatic imine (C=N–C) groups is 1. The van der Waals surface area contributed by atoms with Crippen molar-refractivity contribution in [3.05, 3.63) is 29.3 Å². The van der Waals surface area contributed by atoms with Gasteiger partial charge in [-0.25, -0.2) is 0 Å². The van der Waals surface area contributed by atoms with Gasteiger partial charge in [-0.05, 0) is 24.1 Å². The third-order valence-electron chi connectivity index (χ3n) is 3.08. The highest BCUT2D eigenvalue weighted by molar-refractivity contribution is 9.08. The summed E-state index contributed by atoms with van der Waals surface area (Å²) in [7, 11) is 0. The highest BCUT2D eigenvalue weighted by Gasteiger charge is 2.31. The summed E-state index contributed by atoms with van der Waals surface area (Å²) in [6.45, 7) is 6.56. The van der Waals surface area contributed by atoms with Crippen LogP contribution in [0.25, 0.3) is 0 Å². The van der Waals surface area contributed by atoms with Gasteiger partial charge in [-0.3, -0.25) is 4.99 Å². The van der Waals surface area contributed by atoms with Crippen LogP contribution in [0.15, 0.2) is 23.2 Å². The lowest BCUT2D eigenvalue weighted by Crippen LogP contribution is -2.22. The first-order valence-corrected chi connectivity index (χ1v) is 5.93. The minimum atomic E-state index is 0.111. The molecule has 14 heavy (non-hydrogen) atoms. The van der Waals surface area contributed by atoms with Crippen molar-refractivity contribution >= 4 is 27.3 Å². The zero-order valence-corrected chi connectivity index (χ0v) is 10.4. The van der Waals surface area contributed by atoms with Crippen LogP contribution in [-0.4, -0.2) is 5.71 Å². The monoisotopic (exact) mass is 251 g/mol. The molecule has 0 unspecified atom stereocenters. The topological polar surface area (TPSA) is 12.4 Å². The van der Waals surface area contributed by atoms with Gasteiger partial charge >= 0.3 is 0 Å². The number of nitrogens with zero attached hydrogens (tertiary/aromatic N) is 1. The molecule has 0 atom stereocenters. The number of alkyl halides is 1. The van der Waals surface area contributed by atoms with Crippen LogP contribution in [0.5, 0.6) is 0 Å². The van der Waals surface area contributed by atoms with E-state index in [4.69, 9.17) is 0 Å². The maximum atomic E-state index is 4.61. The van der Waals surface area contributed by atoms with E-state index in [1.807, 2.05) is 0 Å². The average Bonchev–Trinajstić information content (AvgIpc) is 2.38. The van der Waals surface area contributed by atoms with Crippen LogP contribution in [0.2, 0.25) is 0 Å². The fourth-order valence-electron chi connectivity index (χ4n) is 1.80. The van der Waals surface area contributed by atoms with Gasteiger partial charge in [0.25, 0.3) is 0 Å². The van der Waals surface area contributed by atoms with Gasteiger partial charge < -0.3 is 0 Å². The van der Waals surface area contributed by atoms with Crippen LogP contribution in [0.1, 0.15) is 31.9 Å². The van der Waals surface area contributed by atoms with Crippen molar-refractivity contribution in [1.29, 1.82) is 0 Å². The molecule has 2 heteroatoms. The fourth-order valence-corrected chi connectivity index (χ4v) is 2.15. The summed E-state index contributed by atoms with van der Waals surface area (Å²) in [6.07, 6.45) is 0. The average molecular weight is 252 g/mol. The normalized spacial score (nSPS) is 17.9. The molecule has 2 rings (SSSR count). The standard InChI is InChI=1S/C12H14BrN/c1-8-12(2,3)10-5-4-9(7-13)6-11(10)14-8/h4-6H,7H2,1-3H3. The zero-order valence-electron chi connectivity index (χ0n) is 8.76. The van der Waals surface area contributed by atoms with E-state index < -0.39 is 0 Å². The molecule has 0 radical (unpaired) electrons. The van der Waals surface area contributed by atoms with Crippen molar-refractivity contribution < 1.29 is 0 Å². The molecular weight excluding hydrogens is 238 g/mol. The van der Waals surface area contributed by atoms with Crippen LogP contribution in [0, 0.1) is 0 Å². The van der Waals surface area contributed by atoms with E-state index in [9.17, 15) is 0 Å². The summed E-state index contributed by atoms with van der Waals surface area (Å²) < 4.78 is 0. The summed E-state index contributed by atoms with van der Waals surface area (Å²) in [5.74, 6) is 0. The Kier molecular flexibility index (Phi) is 2.26. The number of fused-ring (bicyclic) bond motifs is 1. The van der Waals surface area contributed by atoms with Crippen molar-refractivity contribution in [2.24, 2.45) is 4.99 Å². The summed E-state index contributed by atoms with van der Waals surface area (Å²) in [5.41, 5.74) is 5.10. The number of halogens is 1. The molecule has 0 aromatic heterocycles. The molecule has 1 aliphatic rings. The van der Waals surface area contributed by atoms with Crippen molar-refractivity contribution in [3.8, 4) is 0 Å². The summed E-state index contributed by atoms with van der Waals surface area (Å²) in [6, 6.07) is 6.54. The van der Waals surface area contributed by atoms with Crippen molar-refractivity contribution in [1.82, 2.24) is 0 Å². The van der Waals surface area contributed by atoms with Crippen molar-refractivity contribution in [2.45, 2.75) is 31.5 Å². The third kappa shape index (κ3) is 1.33. The zero-order chi connectivity index (χ0) is 10.3. The molecule has 0 saturated carbocycles. The van der Waals surface area contributed by atoms with E-state index in [0.717, 1.165) is 11.0 Å². The molecule has 1 aliphatic heterocycles. The maximum Gasteiger partial charge on any atom is 0.0673 e. The molecule has 0 spiro atoms. The number of benzene rings is 1. The number of hydrogen-bond donors (Lipinski definition) is 0. The molecule has 74 valence electrons. The lowest BCUT2D eigenvalue weighted by molar-refractivity contribution is 0.733. The third-order valence-corrected chi connectivity index (χ3v) is 3.73. The van der Waals surface area contributed by atoms with Gasteiger partial charge in [0.05, 0.1) is 5.69 Å². The summed E-state index contributed by atoms with van der Waals surface area (Å²) >= 11 is 3.46. The van der Waals surface area contributed by atoms with Gasteiger partial charge in [0.2, 0.25) is 0 Å². The second-order valence-electron chi connectivity index (χ2n) is 4.31. The Labute approximate surface area is 93.4 Å². The van der Waals surface area contributed by atoms with E-state index in [2.05, 4.69) is 59.9 Å². The number of rotatable bonds is 1. The lowest BCUT2D eigenvalue weighted by Gasteiger charge is -2.19. The van der Waals surface area contributed by atoms with Crippen molar-refractivity contribution in [3.63, 3.8) is 0 Å². The molecule has 0 bridgehead atoms. The Balaban J connectivity index is 2.56. The van der Waals surface area contributed by atoms with Crippen molar-refractivity contribution in [2.75, 3.05) is 0 Å². The van der Waals surface area contributed by atoms with Crippen LogP contribution in [0.4, 0.5) is 5.69 Å². The summed E-state index contributed by atoms with van der Waals surface area (Å²) in [4.78, 5) is 4.61. The fraction of sp³-hybridized carbons (Fsp3) is 0.417. The van der Waals surface area contributed by atoms with Gasteiger partial charge in [0.1, 0.15) is 0 Å². The predicted octanol–water partition coefficient (Wildman–Crippen LogP) is 3.97. The molecule has 1 aromatic rings. The van der Waals surface area contributed by atoms with Crippen LogP contribution >= 0.6 is 15.9 Å². The molecule has 0 amide bonds. The first-order chi connectivity index (χ1) is 6.55. The number of hydrogen-bond acceptors (Lipinski definition) is 1. The van der Waals surface area contributed by atoms with E-state index >= 15 is 0 Å². The SMILES string of the molecule is CC1=Nc2cc(CBr)ccc2C1(C)C.